The van der Waals surface area contributed by atoms with Gasteiger partial charge in [-0.25, -0.2) is 0 Å². The van der Waals surface area contributed by atoms with Gasteiger partial charge in [0.15, 0.2) is 0 Å². The zero-order valence-corrected chi connectivity index (χ0v) is 12.2. The topological polar surface area (TPSA) is 55.1 Å². The third-order valence-corrected chi connectivity index (χ3v) is 4.29. The smallest absolute Gasteiger partial charge is 0.220 e. The number of carbonyl (C=O) groups excluding carboxylic acids is 1. The lowest BCUT2D eigenvalue weighted by atomic mass is 9.77. The van der Waals surface area contributed by atoms with Gasteiger partial charge < -0.3 is 11.1 Å². The zero-order valence-electron chi connectivity index (χ0n) is 12.2. The molecule has 0 saturated heterocycles. The molecule has 1 amide bonds. The van der Waals surface area contributed by atoms with Crippen LogP contribution in [0.5, 0.6) is 0 Å². The van der Waals surface area contributed by atoms with Crippen LogP contribution in [0.25, 0.3) is 0 Å². The summed E-state index contributed by atoms with van der Waals surface area (Å²) in [6, 6.07) is 10.8. The molecule has 0 aliphatic heterocycles. The van der Waals surface area contributed by atoms with Crippen molar-refractivity contribution in [2.45, 2.75) is 44.4 Å². The summed E-state index contributed by atoms with van der Waals surface area (Å²) in [5, 5.41) is 2.95. The Morgan fingerprint density at radius 1 is 1.15 bits per heavy atom. The van der Waals surface area contributed by atoms with Gasteiger partial charge in [-0.3, -0.25) is 4.79 Å². The van der Waals surface area contributed by atoms with Crippen LogP contribution < -0.4 is 11.1 Å². The molecule has 0 radical (unpaired) electrons. The maximum atomic E-state index is 11.8. The predicted molar refractivity (Wildman–Crippen MR) is 82.4 cm³/mol. The van der Waals surface area contributed by atoms with E-state index in [0.717, 1.165) is 6.42 Å². The number of carbonyl (C=O) groups is 1. The van der Waals surface area contributed by atoms with Gasteiger partial charge in [-0.2, -0.15) is 0 Å². The zero-order chi connectivity index (χ0) is 14.2. The van der Waals surface area contributed by atoms with Crippen LogP contribution in [0.4, 0.5) is 0 Å². The SMILES string of the molecule is NCCCNC(=O)CC1CCC(c2ccccc2)CC1. The Balaban J connectivity index is 1.70. The molecule has 0 aromatic heterocycles. The van der Waals surface area contributed by atoms with Crippen molar-refractivity contribution in [3.05, 3.63) is 35.9 Å². The molecule has 3 nitrogen and oxygen atoms in total. The second kappa shape index (κ2) is 8.05. The Morgan fingerprint density at radius 2 is 1.85 bits per heavy atom. The van der Waals surface area contributed by atoms with Gasteiger partial charge in [0.05, 0.1) is 0 Å². The summed E-state index contributed by atoms with van der Waals surface area (Å²) in [5.74, 6) is 1.45. The van der Waals surface area contributed by atoms with E-state index in [0.29, 0.717) is 31.3 Å². The second-order valence-electron chi connectivity index (χ2n) is 5.82. The average Bonchev–Trinajstić information content (AvgIpc) is 2.49. The van der Waals surface area contributed by atoms with Crippen LogP contribution in [0.15, 0.2) is 30.3 Å². The first kappa shape index (κ1) is 15.0. The van der Waals surface area contributed by atoms with Crippen LogP contribution in [0.1, 0.15) is 50.0 Å². The molecule has 1 aromatic carbocycles. The number of rotatable bonds is 6. The van der Waals surface area contributed by atoms with E-state index in [4.69, 9.17) is 5.73 Å². The van der Waals surface area contributed by atoms with Gasteiger partial charge in [0.25, 0.3) is 0 Å². The van der Waals surface area contributed by atoms with Gasteiger partial charge >= 0.3 is 0 Å². The van der Waals surface area contributed by atoms with Crippen LogP contribution in [-0.4, -0.2) is 19.0 Å². The third kappa shape index (κ3) is 4.64. The molecule has 3 N–H and O–H groups in total. The van der Waals surface area contributed by atoms with E-state index in [1.165, 1.54) is 31.2 Å². The van der Waals surface area contributed by atoms with Crippen molar-refractivity contribution in [1.29, 1.82) is 0 Å². The van der Waals surface area contributed by atoms with E-state index >= 15 is 0 Å². The van der Waals surface area contributed by atoms with Crippen molar-refractivity contribution in [3.8, 4) is 0 Å². The molecule has 1 aromatic rings. The summed E-state index contributed by atoms with van der Waals surface area (Å²) in [4.78, 5) is 11.8. The molecule has 1 aliphatic rings. The van der Waals surface area contributed by atoms with Crippen molar-refractivity contribution in [2.75, 3.05) is 13.1 Å². The quantitative estimate of drug-likeness (QED) is 0.784. The normalized spacial score (nSPS) is 22.4. The van der Waals surface area contributed by atoms with E-state index in [1.54, 1.807) is 0 Å². The molecule has 0 heterocycles. The van der Waals surface area contributed by atoms with Crippen molar-refractivity contribution < 1.29 is 4.79 Å². The molecule has 2 rings (SSSR count). The fraction of sp³-hybridized carbons (Fsp3) is 0.588. The highest BCUT2D eigenvalue weighted by molar-refractivity contribution is 5.76. The summed E-state index contributed by atoms with van der Waals surface area (Å²) in [6.07, 6.45) is 6.32. The first-order chi connectivity index (χ1) is 9.79. The highest BCUT2D eigenvalue weighted by atomic mass is 16.1. The fourth-order valence-electron chi connectivity index (χ4n) is 3.09. The number of nitrogens with one attached hydrogen (secondary N) is 1. The van der Waals surface area contributed by atoms with Crippen molar-refractivity contribution in [1.82, 2.24) is 5.32 Å². The molecule has 20 heavy (non-hydrogen) atoms. The Kier molecular flexibility index (Phi) is 6.06. The minimum atomic E-state index is 0.196. The number of hydrogen-bond donors (Lipinski definition) is 2. The lowest BCUT2D eigenvalue weighted by molar-refractivity contribution is -0.122. The highest BCUT2D eigenvalue weighted by Gasteiger charge is 2.23. The average molecular weight is 274 g/mol. The van der Waals surface area contributed by atoms with Crippen molar-refractivity contribution >= 4 is 5.91 Å². The van der Waals surface area contributed by atoms with E-state index in [9.17, 15) is 4.79 Å². The number of nitrogens with two attached hydrogens (primary N) is 1. The molecular formula is C17H26N2O. The van der Waals surface area contributed by atoms with Crippen LogP contribution in [0.2, 0.25) is 0 Å². The van der Waals surface area contributed by atoms with Crippen LogP contribution in [0.3, 0.4) is 0 Å². The summed E-state index contributed by atoms with van der Waals surface area (Å²) < 4.78 is 0. The van der Waals surface area contributed by atoms with E-state index < -0.39 is 0 Å². The number of benzene rings is 1. The second-order valence-corrected chi connectivity index (χ2v) is 5.82. The number of hydrogen-bond acceptors (Lipinski definition) is 2. The summed E-state index contributed by atoms with van der Waals surface area (Å²) in [6.45, 7) is 1.36. The number of amides is 1. The van der Waals surface area contributed by atoms with Gasteiger partial charge in [-0.1, -0.05) is 30.3 Å². The maximum absolute atomic E-state index is 11.8. The minimum absolute atomic E-state index is 0.196. The Hall–Kier alpha value is -1.35. The largest absolute Gasteiger partial charge is 0.356 e. The minimum Gasteiger partial charge on any atom is -0.356 e. The fourth-order valence-corrected chi connectivity index (χ4v) is 3.09. The van der Waals surface area contributed by atoms with E-state index in [2.05, 4.69) is 35.6 Å². The molecule has 0 spiro atoms. The summed E-state index contributed by atoms with van der Waals surface area (Å²) in [5.41, 5.74) is 6.88. The molecule has 1 saturated carbocycles. The Labute approximate surface area is 121 Å². The van der Waals surface area contributed by atoms with Crippen molar-refractivity contribution in [2.24, 2.45) is 11.7 Å². The van der Waals surface area contributed by atoms with E-state index in [-0.39, 0.29) is 5.91 Å². The Bertz CT molecular complexity index is 397. The van der Waals surface area contributed by atoms with Gasteiger partial charge in [0.1, 0.15) is 0 Å². The van der Waals surface area contributed by atoms with Gasteiger partial charge in [-0.05, 0) is 56.0 Å². The van der Waals surface area contributed by atoms with Crippen LogP contribution in [-0.2, 0) is 4.79 Å². The molecule has 0 bridgehead atoms. The third-order valence-electron chi connectivity index (χ3n) is 4.29. The monoisotopic (exact) mass is 274 g/mol. The molecule has 0 atom stereocenters. The molecule has 1 fully saturated rings. The first-order valence-corrected chi connectivity index (χ1v) is 7.81. The standard InChI is InChI=1S/C17H26N2O/c18-11-4-12-19-17(20)13-14-7-9-16(10-8-14)15-5-2-1-3-6-15/h1-3,5-6,14,16H,4,7-13,18H2,(H,19,20). The Morgan fingerprint density at radius 3 is 2.50 bits per heavy atom. The van der Waals surface area contributed by atoms with Gasteiger partial charge in [0.2, 0.25) is 5.91 Å². The first-order valence-electron chi connectivity index (χ1n) is 7.81. The van der Waals surface area contributed by atoms with E-state index in [1.807, 2.05) is 0 Å². The van der Waals surface area contributed by atoms with Gasteiger partial charge in [-0.15, -0.1) is 0 Å². The van der Waals surface area contributed by atoms with Crippen molar-refractivity contribution in [3.63, 3.8) is 0 Å². The molecule has 1 aliphatic carbocycles. The van der Waals surface area contributed by atoms with Crippen LogP contribution in [0, 0.1) is 5.92 Å². The lowest BCUT2D eigenvalue weighted by Crippen LogP contribution is -2.28. The van der Waals surface area contributed by atoms with Gasteiger partial charge in [0, 0.05) is 13.0 Å². The molecular weight excluding hydrogens is 248 g/mol. The lowest BCUT2D eigenvalue weighted by Gasteiger charge is -2.28. The summed E-state index contributed by atoms with van der Waals surface area (Å²) in [7, 11) is 0. The molecule has 110 valence electrons. The highest BCUT2D eigenvalue weighted by Crippen LogP contribution is 2.36. The summed E-state index contributed by atoms with van der Waals surface area (Å²) >= 11 is 0. The predicted octanol–water partition coefficient (Wildman–Crippen LogP) is 2.82. The molecule has 3 heteroatoms. The molecule has 0 unspecified atom stereocenters. The maximum Gasteiger partial charge on any atom is 0.220 e. The van der Waals surface area contributed by atoms with Crippen LogP contribution >= 0.6 is 0 Å².